The maximum atomic E-state index is 14.0. The van der Waals surface area contributed by atoms with Crippen molar-refractivity contribution < 1.29 is 52.1 Å². The molecule has 85 heavy (non-hydrogen) atoms. The van der Waals surface area contributed by atoms with Crippen molar-refractivity contribution in [1.29, 1.82) is 0 Å². The van der Waals surface area contributed by atoms with Gasteiger partial charge < -0.3 is 40.3 Å². The summed E-state index contributed by atoms with van der Waals surface area (Å²) in [6, 6.07) is 36.8. The van der Waals surface area contributed by atoms with Gasteiger partial charge in [0, 0.05) is 71.2 Å². The fraction of sp³-hybridized carbons (Fsp3) is 0.433. The Balaban J connectivity index is 0.000000244. The molecule has 5 amide bonds. The second kappa shape index (κ2) is 29.2. The number of nitrogens with one attached hydrogen (secondary N) is 3. The number of rotatable bonds is 18. The van der Waals surface area contributed by atoms with Crippen LogP contribution in [-0.4, -0.2) is 154 Å². The largest absolute Gasteiger partial charge is 0.480 e. The van der Waals surface area contributed by atoms with Crippen LogP contribution in [-0.2, 0) is 54.3 Å². The molecule has 8 rings (SSSR count). The molecule has 0 radical (unpaired) electrons. The first kappa shape index (κ1) is 64.6. The van der Waals surface area contributed by atoms with Crippen molar-refractivity contribution in [3.63, 3.8) is 0 Å². The summed E-state index contributed by atoms with van der Waals surface area (Å²) in [5, 5.41) is 22.9. The third kappa shape index (κ3) is 18.5. The summed E-state index contributed by atoms with van der Waals surface area (Å²) in [6.07, 6.45) is 1.13. The number of hydrogen-bond donors (Lipinski definition) is 4. The standard InChI is InChI=1S/C34H43FN4O4.C33H40FN3O5/c1-6-28-22-38(30(31(40)36-5)21-24-11-14-25-9-7-8-10-26(25)19-24)17-18-39(28)32(41)29(37-33(42)43-34(2,3)4)20-23-12-15-27(35)16-13-23;1-5-27-21-36(29(31(39)40)20-23-10-13-24-8-6-7-9-25(24)18-23)16-17-37(27)30(38)28(35-32(41)42-33(2,3)4)19-22-11-14-26(34)15-12-22/h7-16,19,28-30H,6,17-18,20-22H2,1-5H3,(H,36,40)(H,37,42);6-15,18,27-29H,5,16-17,19-21H2,1-4H3,(H,35,41)(H,39,40)/t28-,29+,30-;27-,28+,29-/m00/s1. The average molecular weight is 1170 g/mol. The number of carbonyl (C=O) groups is 6. The van der Waals surface area contributed by atoms with E-state index in [1.54, 1.807) is 82.7 Å². The van der Waals surface area contributed by atoms with E-state index in [1.807, 2.05) is 73.3 Å². The molecule has 0 bridgehead atoms. The van der Waals surface area contributed by atoms with Crippen LogP contribution >= 0.6 is 0 Å². The van der Waals surface area contributed by atoms with Gasteiger partial charge in [0.25, 0.3) is 0 Å². The summed E-state index contributed by atoms with van der Waals surface area (Å²) in [5.41, 5.74) is 1.94. The molecule has 4 N–H and O–H groups in total. The van der Waals surface area contributed by atoms with Gasteiger partial charge in [-0.3, -0.25) is 29.0 Å². The van der Waals surface area contributed by atoms with Crippen molar-refractivity contribution in [1.82, 2.24) is 35.6 Å². The fourth-order valence-corrected chi connectivity index (χ4v) is 11.1. The number of aliphatic carboxylic acids is 1. The number of carbonyl (C=O) groups excluding carboxylic acids is 5. The minimum atomic E-state index is -0.932. The fourth-order valence-electron chi connectivity index (χ4n) is 11.1. The molecule has 2 saturated heterocycles. The molecule has 18 heteroatoms. The Kier molecular flexibility index (Phi) is 22.2. The number of halogens is 2. The predicted molar refractivity (Wildman–Crippen MR) is 326 cm³/mol. The number of nitrogens with zero attached hydrogens (tertiary/aromatic N) is 4. The maximum absolute atomic E-state index is 14.0. The number of piperazine rings is 2. The normalized spacial score (nSPS) is 17.4. The average Bonchev–Trinajstić information content (AvgIpc) is 2.21. The highest BCUT2D eigenvalue weighted by Gasteiger charge is 2.40. The predicted octanol–water partition coefficient (Wildman–Crippen LogP) is 9.73. The van der Waals surface area contributed by atoms with E-state index in [2.05, 4.69) is 51.2 Å². The summed E-state index contributed by atoms with van der Waals surface area (Å²) in [7, 11) is 1.65. The zero-order chi connectivity index (χ0) is 61.6. The van der Waals surface area contributed by atoms with Gasteiger partial charge in [-0.1, -0.05) is 123 Å². The molecule has 2 fully saturated rings. The van der Waals surface area contributed by atoms with Crippen molar-refractivity contribution in [2.45, 2.75) is 141 Å². The van der Waals surface area contributed by atoms with E-state index in [4.69, 9.17) is 9.47 Å². The van der Waals surface area contributed by atoms with Gasteiger partial charge in [0.2, 0.25) is 17.7 Å². The first-order valence-corrected chi connectivity index (χ1v) is 29.4. The number of likely N-dealkylation sites (N-methyl/N-ethyl adjacent to an activating group) is 1. The highest BCUT2D eigenvalue weighted by atomic mass is 19.1. The molecule has 0 saturated carbocycles. The Morgan fingerprint density at radius 3 is 1.25 bits per heavy atom. The number of fused-ring (bicyclic) bond motifs is 2. The number of carboxylic acid groups (broad SMARTS) is 1. The molecule has 0 unspecified atom stereocenters. The number of alkyl carbamates (subject to hydrolysis) is 2. The summed E-state index contributed by atoms with van der Waals surface area (Å²) >= 11 is 0. The Morgan fingerprint density at radius 1 is 0.518 bits per heavy atom. The van der Waals surface area contributed by atoms with Crippen LogP contribution in [0.3, 0.4) is 0 Å². The van der Waals surface area contributed by atoms with Crippen LogP contribution in [0, 0.1) is 11.6 Å². The molecule has 2 heterocycles. The molecular formula is C67H83F2N7O9. The zero-order valence-corrected chi connectivity index (χ0v) is 50.4. The van der Waals surface area contributed by atoms with Gasteiger partial charge in [-0.05, 0) is 135 Å². The molecule has 2 aliphatic heterocycles. The van der Waals surface area contributed by atoms with Crippen LogP contribution in [0.1, 0.15) is 90.5 Å². The molecule has 0 aliphatic carbocycles. The summed E-state index contributed by atoms with van der Waals surface area (Å²) in [4.78, 5) is 86.5. The van der Waals surface area contributed by atoms with Gasteiger partial charge in [-0.25, -0.2) is 18.4 Å². The van der Waals surface area contributed by atoms with Crippen LogP contribution in [0.4, 0.5) is 18.4 Å². The third-order valence-corrected chi connectivity index (χ3v) is 15.4. The third-order valence-electron chi connectivity index (χ3n) is 15.4. The quantitative estimate of drug-likeness (QED) is 0.0641. The van der Waals surface area contributed by atoms with Crippen LogP contribution < -0.4 is 16.0 Å². The minimum absolute atomic E-state index is 0.0661. The van der Waals surface area contributed by atoms with Gasteiger partial charge in [0.15, 0.2) is 0 Å². The highest BCUT2D eigenvalue weighted by molar-refractivity contribution is 5.88. The highest BCUT2D eigenvalue weighted by Crippen LogP contribution is 2.26. The van der Waals surface area contributed by atoms with Crippen LogP contribution in [0.5, 0.6) is 0 Å². The SMILES string of the molecule is CC[C@H]1CN([C@@H](Cc2ccc3ccccc3c2)C(=O)NC)CCN1C(=O)[C@@H](Cc1ccc(F)cc1)NC(=O)OC(C)(C)C.CC[C@H]1CN([C@@H](Cc2ccc3ccccc3c2)C(=O)O)CCN1C(=O)[C@@H](Cc1ccc(F)cc1)NC(=O)OC(C)(C)C. The topological polar surface area (TPSA) is 190 Å². The summed E-state index contributed by atoms with van der Waals surface area (Å²) in [5.74, 6) is -2.24. The van der Waals surface area contributed by atoms with Crippen molar-refractivity contribution in [2.75, 3.05) is 46.3 Å². The van der Waals surface area contributed by atoms with Crippen molar-refractivity contribution in [3.05, 3.63) is 167 Å². The smallest absolute Gasteiger partial charge is 0.408 e. The molecule has 6 atom stereocenters. The van der Waals surface area contributed by atoms with Gasteiger partial charge in [-0.15, -0.1) is 0 Å². The zero-order valence-electron chi connectivity index (χ0n) is 50.4. The van der Waals surface area contributed by atoms with Gasteiger partial charge in [-0.2, -0.15) is 0 Å². The van der Waals surface area contributed by atoms with Gasteiger partial charge >= 0.3 is 18.2 Å². The second-order valence-corrected chi connectivity index (χ2v) is 24.0. The van der Waals surface area contributed by atoms with E-state index >= 15 is 0 Å². The molecule has 454 valence electrons. The molecular weight excluding hydrogens is 1080 g/mol. The Labute approximate surface area is 498 Å². The number of ether oxygens (including phenoxy) is 2. The van der Waals surface area contributed by atoms with Crippen molar-refractivity contribution >= 4 is 57.4 Å². The van der Waals surface area contributed by atoms with E-state index in [9.17, 15) is 42.7 Å². The Bertz CT molecular complexity index is 3260. The van der Waals surface area contributed by atoms with E-state index in [1.165, 1.54) is 24.3 Å². The summed E-state index contributed by atoms with van der Waals surface area (Å²) < 4.78 is 38.0. The lowest BCUT2D eigenvalue weighted by molar-refractivity contribution is -0.147. The first-order valence-electron chi connectivity index (χ1n) is 29.4. The molecule has 16 nitrogen and oxygen atoms in total. The Morgan fingerprint density at radius 2 is 0.882 bits per heavy atom. The van der Waals surface area contributed by atoms with Crippen molar-refractivity contribution in [2.24, 2.45) is 0 Å². The molecule has 0 spiro atoms. The van der Waals surface area contributed by atoms with Crippen LogP contribution in [0.15, 0.2) is 133 Å². The van der Waals surface area contributed by atoms with Crippen LogP contribution in [0.25, 0.3) is 21.5 Å². The number of amides is 5. The molecule has 6 aromatic carbocycles. The lowest BCUT2D eigenvalue weighted by Gasteiger charge is -2.44. The second-order valence-electron chi connectivity index (χ2n) is 24.0. The van der Waals surface area contributed by atoms with E-state index < -0.39 is 53.5 Å². The number of carboxylic acids is 1. The first-order chi connectivity index (χ1) is 40.4. The van der Waals surface area contributed by atoms with Gasteiger partial charge in [0.1, 0.15) is 41.0 Å². The lowest BCUT2D eigenvalue weighted by Crippen LogP contribution is -2.63. The van der Waals surface area contributed by atoms with E-state index in [0.717, 1.165) is 38.2 Å². The minimum Gasteiger partial charge on any atom is -0.480 e. The van der Waals surface area contributed by atoms with Crippen LogP contribution in [0.2, 0.25) is 0 Å². The molecule has 6 aromatic rings. The summed E-state index contributed by atoms with van der Waals surface area (Å²) in [6.45, 7) is 17.0. The maximum Gasteiger partial charge on any atom is 0.408 e. The van der Waals surface area contributed by atoms with E-state index in [0.29, 0.717) is 70.5 Å². The number of benzene rings is 6. The lowest BCUT2D eigenvalue weighted by atomic mass is 9.97. The molecule has 0 aromatic heterocycles. The van der Waals surface area contributed by atoms with E-state index in [-0.39, 0.29) is 54.3 Å². The van der Waals surface area contributed by atoms with Gasteiger partial charge in [0.05, 0.1) is 6.04 Å². The Hall–Kier alpha value is -7.96. The van der Waals surface area contributed by atoms with Crippen molar-refractivity contribution in [3.8, 4) is 0 Å². The molecule has 2 aliphatic rings. The number of hydrogen-bond acceptors (Lipinski definition) is 10. The monoisotopic (exact) mass is 1170 g/mol.